The SMILES string of the molecule is CCCCCCOC(C)C(=O)Oc1ccc(C(=O)O)cc1Cl. The van der Waals surface area contributed by atoms with Crippen molar-refractivity contribution in [2.24, 2.45) is 0 Å². The van der Waals surface area contributed by atoms with Crippen LogP contribution in [-0.2, 0) is 9.53 Å². The van der Waals surface area contributed by atoms with Crippen LogP contribution in [0, 0.1) is 0 Å². The third kappa shape index (κ3) is 6.03. The van der Waals surface area contributed by atoms with Crippen molar-refractivity contribution in [1.82, 2.24) is 0 Å². The molecule has 22 heavy (non-hydrogen) atoms. The summed E-state index contributed by atoms with van der Waals surface area (Å²) in [6, 6.07) is 3.92. The number of benzene rings is 1. The first-order valence-corrected chi connectivity index (χ1v) is 7.69. The lowest BCUT2D eigenvalue weighted by Crippen LogP contribution is -2.26. The van der Waals surface area contributed by atoms with Gasteiger partial charge in [0.15, 0.2) is 6.10 Å². The Morgan fingerprint density at radius 3 is 2.59 bits per heavy atom. The molecule has 0 aliphatic carbocycles. The molecular weight excluding hydrogens is 308 g/mol. The summed E-state index contributed by atoms with van der Waals surface area (Å²) >= 11 is 5.90. The number of rotatable bonds is 9. The van der Waals surface area contributed by atoms with Crippen molar-refractivity contribution in [3.63, 3.8) is 0 Å². The van der Waals surface area contributed by atoms with Gasteiger partial charge in [-0.15, -0.1) is 0 Å². The maximum atomic E-state index is 11.9. The van der Waals surface area contributed by atoms with Crippen molar-refractivity contribution in [3.05, 3.63) is 28.8 Å². The molecule has 1 N–H and O–H groups in total. The number of halogens is 1. The average molecular weight is 329 g/mol. The summed E-state index contributed by atoms with van der Waals surface area (Å²) < 4.78 is 10.5. The van der Waals surface area contributed by atoms with E-state index < -0.39 is 18.0 Å². The van der Waals surface area contributed by atoms with Crippen LogP contribution in [0.25, 0.3) is 0 Å². The highest BCUT2D eigenvalue weighted by Gasteiger charge is 2.18. The molecule has 1 unspecified atom stereocenters. The normalized spacial score (nSPS) is 12.0. The number of carbonyl (C=O) groups excluding carboxylic acids is 1. The lowest BCUT2D eigenvalue weighted by Gasteiger charge is -2.13. The Labute approximate surface area is 135 Å². The Kier molecular flexibility index (Phi) is 7.91. The Morgan fingerprint density at radius 2 is 2.00 bits per heavy atom. The molecule has 0 radical (unpaired) electrons. The van der Waals surface area contributed by atoms with E-state index in [2.05, 4.69) is 6.92 Å². The van der Waals surface area contributed by atoms with Gasteiger partial charge in [0.25, 0.3) is 0 Å². The van der Waals surface area contributed by atoms with E-state index in [-0.39, 0.29) is 16.3 Å². The number of ether oxygens (including phenoxy) is 2. The zero-order valence-corrected chi connectivity index (χ0v) is 13.6. The van der Waals surface area contributed by atoms with Gasteiger partial charge in [-0.2, -0.15) is 0 Å². The molecule has 1 rings (SSSR count). The fourth-order valence-corrected chi connectivity index (χ4v) is 1.98. The van der Waals surface area contributed by atoms with Gasteiger partial charge in [0.2, 0.25) is 0 Å². The fraction of sp³-hybridized carbons (Fsp3) is 0.500. The van der Waals surface area contributed by atoms with E-state index >= 15 is 0 Å². The number of carboxylic acids is 1. The predicted molar refractivity (Wildman–Crippen MR) is 83.6 cm³/mol. The maximum Gasteiger partial charge on any atom is 0.340 e. The van der Waals surface area contributed by atoms with Crippen LogP contribution in [-0.4, -0.2) is 29.8 Å². The van der Waals surface area contributed by atoms with Gasteiger partial charge in [-0.3, -0.25) is 0 Å². The molecule has 0 fully saturated rings. The van der Waals surface area contributed by atoms with Crippen LogP contribution >= 0.6 is 11.6 Å². The lowest BCUT2D eigenvalue weighted by molar-refractivity contribution is -0.146. The highest BCUT2D eigenvalue weighted by molar-refractivity contribution is 6.32. The summed E-state index contributed by atoms with van der Waals surface area (Å²) in [4.78, 5) is 22.7. The third-order valence-corrected chi connectivity index (χ3v) is 3.38. The summed E-state index contributed by atoms with van der Waals surface area (Å²) in [7, 11) is 0. The summed E-state index contributed by atoms with van der Waals surface area (Å²) in [5.41, 5.74) is 0.0324. The van der Waals surface area contributed by atoms with E-state index in [0.29, 0.717) is 6.61 Å². The summed E-state index contributed by atoms with van der Waals surface area (Å²) in [6.45, 7) is 4.24. The van der Waals surface area contributed by atoms with Crippen molar-refractivity contribution in [2.75, 3.05) is 6.61 Å². The second-order valence-corrected chi connectivity index (χ2v) is 5.35. The van der Waals surface area contributed by atoms with Crippen molar-refractivity contribution in [1.29, 1.82) is 0 Å². The van der Waals surface area contributed by atoms with E-state index in [9.17, 15) is 9.59 Å². The number of aromatic carboxylic acids is 1. The maximum absolute atomic E-state index is 11.9. The lowest BCUT2D eigenvalue weighted by atomic mass is 10.2. The van der Waals surface area contributed by atoms with E-state index in [1.165, 1.54) is 18.2 Å². The molecule has 1 atom stereocenters. The molecule has 0 amide bonds. The van der Waals surface area contributed by atoms with Crippen LogP contribution in [0.3, 0.4) is 0 Å². The van der Waals surface area contributed by atoms with Gasteiger partial charge in [-0.25, -0.2) is 9.59 Å². The Bertz CT molecular complexity index is 515. The summed E-state index contributed by atoms with van der Waals surface area (Å²) in [5, 5.41) is 8.92. The first kappa shape index (κ1) is 18.5. The van der Waals surface area contributed by atoms with Crippen LogP contribution in [0.5, 0.6) is 5.75 Å². The Hall–Kier alpha value is -1.59. The van der Waals surface area contributed by atoms with E-state index in [1.54, 1.807) is 6.92 Å². The molecule has 6 heteroatoms. The summed E-state index contributed by atoms with van der Waals surface area (Å²) in [5.74, 6) is -1.53. The highest BCUT2D eigenvalue weighted by Crippen LogP contribution is 2.26. The number of unbranched alkanes of at least 4 members (excludes halogenated alkanes) is 3. The quantitative estimate of drug-likeness (QED) is 0.422. The van der Waals surface area contributed by atoms with Crippen LogP contribution in [0.1, 0.15) is 49.9 Å². The van der Waals surface area contributed by atoms with E-state index in [4.69, 9.17) is 26.2 Å². The largest absolute Gasteiger partial charge is 0.478 e. The van der Waals surface area contributed by atoms with Gasteiger partial charge in [0, 0.05) is 6.61 Å². The van der Waals surface area contributed by atoms with Gasteiger partial charge in [0.05, 0.1) is 10.6 Å². The molecule has 5 nitrogen and oxygen atoms in total. The number of esters is 1. The number of hydrogen-bond donors (Lipinski definition) is 1. The molecule has 0 saturated heterocycles. The number of hydrogen-bond acceptors (Lipinski definition) is 4. The first-order chi connectivity index (χ1) is 10.5. The zero-order chi connectivity index (χ0) is 16.5. The molecule has 1 aromatic rings. The Morgan fingerprint density at radius 1 is 1.27 bits per heavy atom. The van der Waals surface area contributed by atoms with Crippen LogP contribution in [0.15, 0.2) is 18.2 Å². The fourth-order valence-electron chi connectivity index (χ4n) is 1.76. The average Bonchev–Trinajstić information content (AvgIpc) is 2.48. The molecule has 0 saturated carbocycles. The smallest absolute Gasteiger partial charge is 0.340 e. The minimum atomic E-state index is -1.09. The zero-order valence-electron chi connectivity index (χ0n) is 12.8. The standard InChI is InChI=1S/C16H21ClO5/c1-3-4-5-6-9-21-11(2)16(20)22-14-8-7-12(15(18)19)10-13(14)17/h7-8,10-11H,3-6,9H2,1-2H3,(H,18,19). The van der Waals surface area contributed by atoms with Gasteiger partial charge in [-0.05, 0) is 31.5 Å². The van der Waals surface area contributed by atoms with Crippen LogP contribution in [0.2, 0.25) is 5.02 Å². The molecule has 1 aromatic carbocycles. The monoisotopic (exact) mass is 328 g/mol. The molecule has 122 valence electrons. The molecule has 0 aromatic heterocycles. The van der Waals surface area contributed by atoms with Crippen LogP contribution < -0.4 is 4.74 Å². The van der Waals surface area contributed by atoms with E-state index in [0.717, 1.165) is 25.7 Å². The minimum Gasteiger partial charge on any atom is -0.478 e. The van der Waals surface area contributed by atoms with Crippen molar-refractivity contribution >= 4 is 23.5 Å². The van der Waals surface area contributed by atoms with Crippen molar-refractivity contribution in [2.45, 2.75) is 45.6 Å². The summed E-state index contributed by atoms with van der Waals surface area (Å²) in [6.07, 6.45) is 3.56. The number of carboxylic acid groups (broad SMARTS) is 1. The van der Waals surface area contributed by atoms with Crippen molar-refractivity contribution in [3.8, 4) is 5.75 Å². The molecular formula is C16H21ClO5. The molecule has 0 bridgehead atoms. The van der Waals surface area contributed by atoms with E-state index in [1.807, 2.05) is 0 Å². The second kappa shape index (κ2) is 9.43. The van der Waals surface area contributed by atoms with Gasteiger partial charge < -0.3 is 14.6 Å². The second-order valence-electron chi connectivity index (χ2n) is 4.95. The topological polar surface area (TPSA) is 72.8 Å². The Balaban J connectivity index is 2.48. The third-order valence-electron chi connectivity index (χ3n) is 3.09. The van der Waals surface area contributed by atoms with Gasteiger partial charge in [0.1, 0.15) is 5.75 Å². The number of carbonyl (C=O) groups is 2. The molecule has 0 heterocycles. The molecule has 0 aliphatic rings. The minimum absolute atomic E-state index is 0.0324. The van der Waals surface area contributed by atoms with Crippen LogP contribution in [0.4, 0.5) is 0 Å². The van der Waals surface area contributed by atoms with Gasteiger partial charge in [-0.1, -0.05) is 37.8 Å². The first-order valence-electron chi connectivity index (χ1n) is 7.31. The molecule has 0 spiro atoms. The van der Waals surface area contributed by atoms with Gasteiger partial charge >= 0.3 is 11.9 Å². The molecule has 0 aliphatic heterocycles. The predicted octanol–water partition coefficient (Wildman–Crippen LogP) is 3.93. The highest BCUT2D eigenvalue weighted by atomic mass is 35.5. The van der Waals surface area contributed by atoms with Crippen molar-refractivity contribution < 1.29 is 24.2 Å².